The first kappa shape index (κ1) is 22.9. The zero-order valence-corrected chi connectivity index (χ0v) is 22.0. The van der Waals surface area contributed by atoms with Gasteiger partial charge in [-0.1, -0.05) is 103 Å². The summed E-state index contributed by atoms with van der Waals surface area (Å²) in [5.74, 6) is 0. The molecule has 0 saturated carbocycles. The third kappa shape index (κ3) is 3.57. The zero-order chi connectivity index (χ0) is 26.5. The summed E-state index contributed by atoms with van der Waals surface area (Å²) < 4.78 is 6.69. The number of anilines is 3. The van der Waals surface area contributed by atoms with Gasteiger partial charge in [-0.15, -0.1) is 0 Å². The molecule has 0 atom stereocenters. The van der Waals surface area contributed by atoms with Crippen molar-refractivity contribution in [2.75, 3.05) is 4.90 Å². The summed E-state index contributed by atoms with van der Waals surface area (Å²) in [5, 5.41) is 4.59. The molecule has 0 amide bonds. The summed E-state index contributed by atoms with van der Waals surface area (Å²) in [5.41, 5.74) is 10.3. The van der Waals surface area contributed by atoms with Gasteiger partial charge in [0.2, 0.25) is 0 Å². The number of fused-ring (bicyclic) bond motifs is 6. The fraction of sp³-hybridized carbons (Fsp3) is 0.0526. The average molecular weight is 514 g/mol. The van der Waals surface area contributed by atoms with Crippen LogP contribution in [0.4, 0.5) is 17.1 Å². The summed E-state index contributed by atoms with van der Waals surface area (Å²) in [4.78, 5) is 2.41. The predicted octanol–water partition coefficient (Wildman–Crippen LogP) is 10.8. The van der Waals surface area contributed by atoms with E-state index in [1.807, 2.05) is 0 Å². The molecule has 2 nitrogen and oxygen atoms in total. The van der Waals surface area contributed by atoms with Crippen LogP contribution in [-0.4, -0.2) is 0 Å². The molecule has 2 heteroatoms. The fourth-order valence-corrected chi connectivity index (χ4v) is 6.30. The van der Waals surface area contributed by atoms with Crippen molar-refractivity contribution in [1.82, 2.24) is 0 Å². The molecule has 1 aliphatic rings. The van der Waals surface area contributed by atoms with Gasteiger partial charge in [0.15, 0.2) is 0 Å². The first-order valence-corrected chi connectivity index (χ1v) is 13.9. The van der Waals surface area contributed by atoms with Gasteiger partial charge in [-0.25, -0.2) is 0 Å². The molecule has 0 radical (unpaired) electrons. The predicted molar refractivity (Wildman–Crippen MR) is 169 cm³/mol. The molecule has 7 aromatic rings. The Morgan fingerprint density at radius 3 is 2.17 bits per heavy atom. The maximum absolute atomic E-state index is 6.69. The first-order chi connectivity index (χ1) is 19.9. The maximum Gasteiger partial charge on any atom is 0.143 e. The lowest BCUT2D eigenvalue weighted by Crippen LogP contribution is -2.13. The molecule has 0 unspecified atom stereocenters. The highest BCUT2D eigenvalue weighted by Gasteiger charge is 2.23. The smallest absolute Gasteiger partial charge is 0.143 e. The minimum Gasteiger partial charge on any atom is -0.455 e. The van der Waals surface area contributed by atoms with E-state index >= 15 is 0 Å². The summed E-state index contributed by atoms with van der Waals surface area (Å²) in [6.45, 7) is 0. The Labute approximate surface area is 233 Å². The first-order valence-electron chi connectivity index (χ1n) is 13.9. The van der Waals surface area contributed by atoms with Crippen molar-refractivity contribution in [2.45, 2.75) is 12.8 Å². The number of allylic oxidation sites excluding steroid dienone is 1. The van der Waals surface area contributed by atoms with E-state index in [0.29, 0.717) is 0 Å². The van der Waals surface area contributed by atoms with Crippen LogP contribution in [0.5, 0.6) is 0 Å². The Kier molecular flexibility index (Phi) is 5.31. The number of aryl methyl sites for hydroxylation is 1. The fourth-order valence-electron chi connectivity index (χ4n) is 6.30. The quantitative estimate of drug-likeness (QED) is 0.233. The molecular formula is C38H27NO. The molecule has 0 bridgehead atoms. The number of furan rings is 1. The van der Waals surface area contributed by atoms with E-state index in [9.17, 15) is 0 Å². The van der Waals surface area contributed by atoms with Gasteiger partial charge in [-0.3, -0.25) is 0 Å². The molecule has 190 valence electrons. The van der Waals surface area contributed by atoms with Crippen LogP contribution in [0.25, 0.3) is 49.9 Å². The van der Waals surface area contributed by atoms with Gasteiger partial charge in [0.05, 0.1) is 16.8 Å². The van der Waals surface area contributed by atoms with E-state index in [4.69, 9.17) is 4.42 Å². The number of hydrogen-bond acceptors (Lipinski definition) is 2. The van der Waals surface area contributed by atoms with E-state index < -0.39 is 0 Å². The molecule has 0 aliphatic heterocycles. The molecule has 6 aromatic carbocycles. The van der Waals surface area contributed by atoms with Crippen LogP contribution in [0.3, 0.4) is 0 Å². The molecule has 8 rings (SSSR count). The van der Waals surface area contributed by atoms with Gasteiger partial charge in [0.1, 0.15) is 11.2 Å². The third-order valence-electron chi connectivity index (χ3n) is 8.10. The lowest BCUT2D eigenvalue weighted by molar-refractivity contribution is 0.672. The van der Waals surface area contributed by atoms with Gasteiger partial charge in [0.25, 0.3) is 0 Å². The largest absolute Gasteiger partial charge is 0.455 e. The second-order valence-electron chi connectivity index (χ2n) is 10.4. The molecule has 0 fully saturated rings. The lowest BCUT2D eigenvalue weighted by Gasteiger charge is -2.29. The summed E-state index contributed by atoms with van der Waals surface area (Å²) >= 11 is 0. The number of rotatable bonds is 4. The summed E-state index contributed by atoms with van der Waals surface area (Å²) in [7, 11) is 0. The lowest BCUT2D eigenvalue weighted by atomic mass is 9.94. The topological polar surface area (TPSA) is 16.4 Å². The van der Waals surface area contributed by atoms with Gasteiger partial charge < -0.3 is 9.32 Å². The van der Waals surface area contributed by atoms with Crippen LogP contribution in [-0.2, 0) is 6.42 Å². The van der Waals surface area contributed by atoms with Crippen molar-refractivity contribution >= 4 is 55.8 Å². The molecule has 1 aliphatic carbocycles. The van der Waals surface area contributed by atoms with E-state index in [1.165, 1.54) is 33.3 Å². The summed E-state index contributed by atoms with van der Waals surface area (Å²) in [6.07, 6.45) is 6.73. The monoisotopic (exact) mass is 513 g/mol. The van der Waals surface area contributed by atoms with E-state index in [1.54, 1.807) is 0 Å². The Morgan fingerprint density at radius 1 is 0.600 bits per heavy atom. The Morgan fingerprint density at radius 2 is 1.32 bits per heavy atom. The van der Waals surface area contributed by atoms with Crippen molar-refractivity contribution in [3.63, 3.8) is 0 Å². The highest BCUT2D eigenvalue weighted by atomic mass is 16.3. The molecule has 1 heterocycles. The van der Waals surface area contributed by atoms with Gasteiger partial charge in [0, 0.05) is 22.0 Å². The van der Waals surface area contributed by atoms with Crippen molar-refractivity contribution in [2.24, 2.45) is 0 Å². The Balaban J connectivity index is 1.48. The number of benzene rings is 6. The van der Waals surface area contributed by atoms with Crippen molar-refractivity contribution in [3.8, 4) is 11.1 Å². The van der Waals surface area contributed by atoms with Crippen LogP contribution >= 0.6 is 0 Å². The number of nitrogens with zero attached hydrogens (tertiary/aromatic N) is 1. The van der Waals surface area contributed by atoms with E-state index in [2.05, 4.69) is 144 Å². The normalized spacial score (nSPS) is 12.7. The average Bonchev–Trinajstić information content (AvgIpc) is 3.42. The SMILES string of the molecule is C1=Cc2c(cccc2N(c2ccccc2)c2cccc3oc4c5ccccc5c(-c5ccccc5)cc4c23)CC1. The highest BCUT2D eigenvalue weighted by molar-refractivity contribution is 6.22. The minimum atomic E-state index is 0.893. The Bertz CT molecular complexity index is 2050. The van der Waals surface area contributed by atoms with Crippen LogP contribution in [0.1, 0.15) is 17.5 Å². The minimum absolute atomic E-state index is 0.893. The van der Waals surface area contributed by atoms with Gasteiger partial charge >= 0.3 is 0 Å². The van der Waals surface area contributed by atoms with Crippen LogP contribution in [0, 0.1) is 0 Å². The number of para-hydroxylation sites is 1. The zero-order valence-electron chi connectivity index (χ0n) is 22.0. The molecule has 0 N–H and O–H groups in total. The molecule has 40 heavy (non-hydrogen) atoms. The van der Waals surface area contributed by atoms with Crippen molar-refractivity contribution in [3.05, 3.63) is 145 Å². The van der Waals surface area contributed by atoms with E-state index in [-0.39, 0.29) is 0 Å². The van der Waals surface area contributed by atoms with Crippen molar-refractivity contribution in [1.29, 1.82) is 0 Å². The third-order valence-corrected chi connectivity index (χ3v) is 8.10. The molecular weight excluding hydrogens is 486 g/mol. The summed E-state index contributed by atoms with van der Waals surface area (Å²) in [6, 6.07) is 45.4. The highest BCUT2D eigenvalue weighted by Crippen LogP contribution is 2.47. The Hall–Kier alpha value is -5.08. The van der Waals surface area contributed by atoms with Crippen LogP contribution in [0.15, 0.2) is 138 Å². The second-order valence-corrected chi connectivity index (χ2v) is 10.4. The second kappa shape index (κ2) is 9.29. The molecule has 0 spiro atoms. The van der Waals surface area contributed by atoms with Crippen LogP contribution in [0.2, 0.25) is 0 Å². The number of hydrogen-bond donors (Lipinski definition) is 0. The van der Waals surface area contributed by atoms with Crippen molar-refractivity contribution < 1.29 is 4.42 Å². The van der Waals surface area contributed by atoms with Crippen LogP contribution < -0.4 is 4.90 Å². The standard InChI is InChI=1S/C38H27NO/c1-3-13-27(14-4-1)32-25-33-37-35(23-12-24-36(37)40-38(33)31-21-10-9-20-30(31)32)39(28-17-5-2-6-18-28)34-22-11-16-26-15-7-8-19-29(26)34/h1-6,8-14,16-25H,7,15H2. The molecule has 1 aromatic heterocycles. The molecule has 0 saturated heterocycles. The van der Waals surface area contributed by atoms with E-state index in [0.717, 1.165) is 51.5 Å². The maximum atomic E-state index is 6.69. The van der Waals surface area contributed by atoms with Gasteiger partial charge in [-0.2, -0.15) is 0 Å². The van der Waals surface area contributed by atoms with Gasteiger partial charge in [-0.05, 0) is 71.3 Å².